The van der Waals surface area contributed by atoms with Gasteiger partial charge in [0, 0.05) is 23.6 Å². The van der Waals surface area contributed by atoms with Gasteiger partial charge in [-0.25, -0.2) is 0 Å². The van der Waals surface area contributed by atoms with Crippen molar-refractivity contribution in [1.29, 1.82) is 0 Å². The van der Waals surface area contributed by atoms with Gasteiger partial charge in [0.15, 0.2) is 0 Å². The van der Waals surface area contributed by atoms with Crippen molar-refractivity contribution >= 4 is 31.8 Å². The second kappa shape index (κ2) is 6.78. The van der Waals surface area contributed by atoms with Crippen molar-refractivity contribution in [2.24, 2.45) is 0 Å². The molecule has 7 heteroatoms. The molecule has 0 atom stereocenters. The zero-order chi connectivity index (χ0) is 14.6. The molecule has 1 aliphatic heterocycles. The van der Waals surface area contributed by atoms with E-state index in [9.17, 15) is 8.42 Å². The van der Waals surface area contributed by atoms with E-state index in [1.807, 2.05) is 0 Å². The zero-order valence-corrected chi connectivity index (χ0v) is 13.8. The Kier molecular flexibility index (Phi) is 5.29. The number of ether oxygens (including phenoxy) is 1. The van der Waals surface area contributed by atoms with Crippen LogP contribution in [0.2, 0.25) is 0 Å². The van der Waals surface area contributed by atoms with Gasteiger partial charge in [-0.05, 0) is 40.9 Å². The Balaban J connectivity index is 2.18. The van der Waals surface area contributed by atoms with Crippen LogP contribution < -0.4 is 9.46 Å². The lowest BCUT2D eigenvalue weighted by atomic mass is 10.2. The summed E-state index contributed by atoms with van der Waals surface area (Å²) in [6, 6.07) is 5.20. The van der Waals surface area contributed by atoms with Crippen LogP contribution in [0, 0.1) is 0 Å². The molecule has 0 aliphatic carbocycles. The lowest BCUT2D eigenvalue weighted by Gasteiger charge is -2.21. The Morgan fingerprint density at radius 2 is 1.85 bits per heavy atom. The topological polar surface area (TPSA) is 58.6 Å². The Morgan fingerprint density at radius 3 is 2.45 bits per heavy atom. The van der Waals surface area contributed by atoms with Gasteiger partial charge in [0.25, 0.3) is 0 Å². The molecule has 20 heavy (non-hydrogen) atoms. The molecule has 0 radical (unpaired) electrons. The summed E-state index contributed by atoms with van der Waals surface area (Å²) < 4.78 is 34.8. The first kappa shape index (κ1) is 15.6. The molecule has 112 valence electrons. The maximum absolute atomic E-state index is 12.4. The largest absolute Gasteiger partial charge is 0.497 e. The fraction of sp³-hybridized carbons (Fsp3) is 0.538. The van der Waals surface area contributed by atoms with Gasteiger partial charge in [0.1, 0.15) is 5.75 Å². The van der Waals surface area contributed by atoms with Crippen molar-refractivity contribution in [3.8, 4) is 5.75 Å². The monoisotopic (exact) mass is 362 g/mol. The van der Waals surface area contributed by atoms with E-state index in [1.165, 1.54) is 4.31 Å². The first-order valence-electron chi connectivity index (χ1n) is 6.64. The van der Waals surface area contributed by atoms with E-state index in [0.717, 1.165) is 25.7 Å². The molecule has 0 amide bonds. The van der Waals surface area contributed by atoms with E-state index < -0.39 is 10.2 Å². The van der Waals surface area contributed by atoms with E-state index in [1.54, 1.807) is 25.3 Å². The summed E-state index contributed by atoms with van der Waals surface area (Å²) >= 11 is 3.35. The second-order valence-electron chi connectivity index (χ2n) is 4.77. The number of nitrogens with zero attached hydrogens (tertiary/aromatic N) is 1. The molecular weight excluding hydrogens is 344 g/mol. The number of hydrogen-bond donors (Lipinski definition) is 1. The molecule has 0 saturated carbocycles. The molecule has 0 aromatic heterocycles. The highest BCUT2D eigenvalue weighted by atomic mass is 79.9. The molecule has 0 unspecified atom stereocenters. The number of nitrogens with one attached hydrogen (secondary N) is 1. The van der Waals surface area contributed by atoms with Crippen LogP contribution in [0.4, 0.5) is 5.69 Å². The Labute approximate surface area is 128 Å². The fourth-order valence-electron chi connectivity index (χ4n) is 2.20. The quantitative estimate of drug-likeness (QED) is 0.895. The fourth-order valence-corrected chi connectivity index (χ4v) is 3.99. The second-order valence-corrected chi connectivity index (χ2v) is 7.29. The molecular formula is C13H19BrN2O3S. The molecule has 1 aromatic rings. The number of rotatable bonds is 4. The van der Waals surface area contributed by atoms with Gasteiger partial charge in [-0.2, -0.15) is 12.7 Å². The average molecular weight is 363 g/mol. The van der Waals surface area contributed by atoms with Crippen LogP contribution in [0.25, 0.3) is 0 Å². The summed E-state index contributed by atoms with van der Waals surface area (Å²) in [5.41, 5.74) is 0.494. The molecule has 1 N–H and O–H groups in total. The predicted molar refractivity (Wildman–Crippen MR) is 83.3 cm³/mol. The predicted octanol–water partition coefficient (Wildman–Crippen LogP) is 2.99. The summed E-state index contributed by atoms with van der Waals surface area (Å²) in [7, 11) is -1.96. The lowest BCUT2D eigenvalue weighted by Crippen LogP contribution is -2.36. The highest BCUT2D eigenvalue weighted by Crippen LogP contribution is 2.28. The number of benzene rings is 1. The first-order chi connectivity index (χ1) is 9.53. The first-order valence-corrected chi connectivity index (χ1v) is 8.87. The van der Waals surface area contributed by atoms with Crippen molar-refractivity contribution < 1.29 is 13.2 Å². The van der Waals surface area contributed by atoms with Crippen molar-refractivity contribution in [2.45, 2.75) is 25.7 Å². The maximum atomic E-state index is 12.4. The van der Waals surface area contributed by atoms with E-state index in [0.29, 0.717) is 29.0 Å². The normalized spacial score (nSPS) is 17.5. The molecule has 2 rings (SSSR count). The van der Waals surface area contributed by atoms with Crippen molar-refractivity contribution in [3.63, 3.8) is 0 Å². The maximum Gasteiger partial charge on any atom is 0.301 e. The van der Waals surface area contributed by atoms with E-state index in [4.69, 9.17) is 4.74 Å². The van der Waals surface area contributed by atoms with Crippen LogP contribution in [-0.4, -0.2) is 32.9 Å². The molecule has 5 nitrogen and oxygen atoms in total. The third-order valence-corrected chi connectivity index (χ3v) is 5.53. The van der Waals surface area contributed by atoms with E-state index in [-0.39, 0.29) is 0 Å². The van der Waals surface area contributed by atoms with Crippen LogP contribution in [0.1, 0.15) is 25.7 Å². The van der Waals surface area contributed by atoms with Gasteiger partial charge in [0.2, 0.25) is 0 Å². The van der Waals surface area contributed by atoms with Gasteiger partial charge in [-0.3, -0.25) is 4.72 Å². The molecule has 1 heterocycles. The SMILES string of the molecule is COc1ccc(Br)c(NS(=O)(=O)N2CCCCCC2)c1. The van der Waals surface area contributed by atoms with E-state index >= 15 is 0 Å². The van der Waals surface area contributed by atoms with Crippen molar-refractivity contribution in [2.75, 3.05) is 24.9 Å². The smallest absolute Gasteiger partial charge is 0.301 e. The number of anilines is 1. The van der Waals surface area contributed by atoms with Gasteiger partial charge < -0.3 is 4.74 Å². The van der Waals surface area contributed by atoms with Crippen LogP contribution in [0.3, 0.4) is 0 Å². The van der Waals surface area contributed by atoms with Gasteiger partial charge in [0.05, 0.1) is 12.8 Å². The summed E-state index contributed by atoms with van der Waals surface area (Å²) in [6.07, 6.45) is 4.02. The summed E-state index contributed by atoms with van der Waals surface area (Å²) in [5, 5.41) is 0. The summed E-state index contributed by atoms with van der Waals surface area (Å²) in [5.74, 6) is 0.613. The lowest BCUT2D eigenvalue weighted by molar-refractivity contribution is 0.415. The Morgan fingerprint density at radius 1 is 1.20 bits per heavy atom. The molecule has 0 spiro atoms. The number of halogens is 1. The third kappa shape index (κ3) is 3.86. The van der Waals surface area contributed by atoms with Crippen LogP contribution in [0.15, 0.2) is 22.7 Å². The standard InChI is InChI=1S/C13H19BrN2O3S/c1-19-11-6-7-12(14)13(10-11)15-20(17,18)16-8-4-2-3-5-9-16/h6-7,10,15H,2-5,8-9H2,1H3. The van der Waals surface area contributed by atoms with Gasteiger partial charge >= 0.3 is 10.2 Å². The van der Waals surface area contributed by atoms with Crippen LogP contribution >= 0.6 is 15.9 Å². The van der Waals surface area contributed by atoms with Gasteiger partial charge in [-0.1, -0.05) is 12.8 Å². The number of methoxy groups -OCH3 is 1. The molecule has 1 aliphatic rings. The van der Waals surface area contributed by atoms with E-state index in [2.05, 4.69) is 20.7 Å². The van der Waals surface area contributed by atoms with Crippen LogP contribution in [-0.2, 0) is 10.2 Å². The summed E-state index contributed by atoms with van der Waals surface area (Å²) in [6.45, 7) is 1.16. The highest BCUT2D eigenvalue weighted by molar-refractivity contribution is 9.10. The Bertz CT molecular complexity index is 555. The third-order valence-electron chi connectivity index (χ3n) is 3.32. The zero-order valence-electron chi connectivity index (χ0n) is 11.4. The summed E-state index contributed by atoms with van der Waals surface area (Å²) in [4.78, 5) is 0. The van der Waals surface area contributed by atoms with Crippen molar-refractivity contribution in [1.82, 2.24) is 4.31 Å². The van der Waals surface area contributed by atoms with Crippen LogP contribution in [0.5, 0.6) is 5.75 Å². The van der Waals surface area contributed by atoms with Crippen molar-refractivity contribution in [3.05, 3.63) is 22.7 Å². The minimum absolute atomic E-state index is 0.494. The average Bonchev–Trinajstić information content (AvgIpc) is 2.70. The molecule has 0 bridgehead atoms. The van der Waals surface area contributed by atoms with Gasteiger partial charge in [-0.15, -0.1) is 0 Å². The Hall–Kier alpha value is -0.790. The minimum atomic E-state index is -3.51. The number of hydrogen-bond acceptors (Lipinski definition) is 3. The molecule has 1 saturated heterocycles. The minimum Gasteiger partial charge on any atom is -0.497 e. The molecule has 1 aromatic carbocycles. The molecule has 1 fully saturated rings. The highest BCUT2D eigenvalue weighted by Gasteiger charge is 2.23.